The van der Waals surface area contributed by atoms with Gasteiger partial charge in [-0.05, 0) is 37.9 Å². The van der Waals surface area contributed by atoms with Crippen molar-refractivity contribution >= 4 is 0 Å². The van der Waals surface area contributed by atoms with Gasteiger partial charge < -0.3 is 5.32 Å². The fourth-order valence-electron chi connectivity index (χ4n) is 2.71. The summed E-state index contributed by atoms with van der Waals surface area (Å²) in [6, 6.07) is 9.75. The highest BCUT2D eigenvalue weighted by molar-refractivity contribution is 5.14. The average Bonchev–Trinajstić information content (AvgIpc) is 2.44. The van der Waals surface area contributed by atoms with Gasteiger partial charge in [0.25, 0.3) is 0 Å². The molecule has 0 unspecified atom stereocenters. The molecule has 5 heteroatoms. The molecule has 0 bridgehead atoms. The summed E-state index contributed by atoms with van der Waals surface area (Å²) in [6.07, 6.45) is -1.86. The van der Waals surface area contributed by atoms with Gasteiger partial charge in [0.05, 0.1) is 6.54 Å². The van der Waals surface area contributed by atoms with Gasteiger partial charge in [0.1, 0.15) is 0 Å². The van der Waals surface area contributed by atoms with E-state index >= 15 is 0 Å². The molecule has 1 aliphatic heterocycles. The van der Waals surface area contributed by atoms with Crippen LogP contribution >= 0.6 is 0 Å². The first kappa shape index (κ1) is 15.3. The lowest BCUT2D eigenvalue weighted by atomic mass is 10.0. The molecule has 1 saturated heterocycles. The van der Waals surface area contributed by atoms with Crippen molar-refractivity contribution in [1.29, 1.82) is 0 Å². The monoisotopic (exact) mass is 286 g/mol. The Balaban J connectivity index is 1.94. The lowest BCUT2D eigenvalue weighted by Crippen LogP contribution is -2.47. The largest absolute Gasteiger partial charge is 0.401 e. The molecule has 0 saturated carbocycles. The van der Waals surface area contributed by atoms with Crippen LogP contribution in [0.1, 0.15) is 18.4 Å². The lowest BCUT2D eigenvalue weighted by molar-refractivity contribution is -0.151. The average molecular weight is 286 g/mol. The van der Waals surface area contributed by atoms with Crippen LogP contribution in [0.5, 0.6) is 0 Å². The van der Waals surface area contributed by atoms with E-state index in [1.54, 1.807) is 4.90 Å². The summed E-state index contributed by atoms with van der Waals surface area (Å²) < 4.78 is 38.2. The van der Waals surface area contributed by atoms with Crippen molar-refractivity contribution in [3.05, 3.63) is 35.9 Å². The predicted molar refractivity (Wildman–Crippen MR) is 73.7 cm³/mol. The summed E-state index contributed by atoms with van der Waals surface area (Å²) >= 11 is 0. The molecule has 0 aliphatic carbocycles. The standard InChI is InChI=1S/C15H21F3N2/c16-15(17,18)12-20(14-6-9-19-10-7-14)11-8-13-4-2-1-3-5-13/h1-5,14,19H,6-12H2. The molecular formula is C15H21F3N2. The van der Waals surface area contributed by atoms with E-state index < -0.39 is 12.7 Å². The predicted octanol–water partition coefficient (Wildman–Crippen LogP) is 2.85. The van der Waals surface area contributed by atoms with Crippen LogP contribution in [0.25, 0.3) is 0 Å². The van der Waals surface area contributed by atoms with E-state index in [0.29, 0.717) is 13.0 Å². The van der Waals surface area contributed by atoms with E-state index in [4.69, 9.17) is 0 Å². The molecule has 0 spiro atoms. The summed E-state index contributed by atoms with van der Waals surface area (Å²) in [5, 5.41) is 3.20. The maximum atomic E-state index is 12.7. The molecule has 1 aliphatic rings. The fraction of sp³-hybridized carbons (Fsp3) is 0.600. The first-order valence-electron chi connectivity index (χ1n) is 7.10. The Labute approximate surface area is 118 Å². The first-order valence-corrected chi connectivity index (χ1v) is 7.10. The van der Waals surface area contributed by atoms with Crippen LogP contribution in [0, 0.1) is 0 Å². The number of hydrogen-bond donors (Lipinski definition) is 1. The normalized spacial score (nSPS) is 17.6. The minimum absolute atomic E-state index is 0.0431. The second-order valence-corrected chi connectivity index (χ2v) is 5.30. The number of nitrogens with one attached hydrogen (secondary N) is 1. The molecule has 0 amide bonds. The van der Waals surface area contributed by atoms with E-state index in [2.05, 4.69) is 5.32 Å². The van der Waals surface area contributed by atoms with Gasteiger partial charge in [0.2, 0.25) is 0 Å². The number of benzene rings is 1. The van der Waals surface area contributed by atoms with Crippen molar-refractivity contribution in [3.63, 3.8) is 0 Å². The van der Waals surface area contributed by atoms with Gasteiger partial charge in [0.15, 0.2) is 0 Å². The first-order chi connectivity index (χ1) is 9.54. The zero-order valence-corrected chi connectivity index (χ0v) is 11.5. The lowest BCUT2D eigenvalue weighted by Gasteiger charge is -2.35. The van der Waals surface area contributed by atoms with Crippen LogP contribution in [-0.4, -0.2) is 43.3 Å². The third-order valence-electron chi connectivity index (χ3n) is 3.74. The molecule has 1 heterocycles. The van der Waals surface area contributed by atoms with Crippen molar-refractivity contribution in [2.75, 3.05) is 26.2 Å². The van der Waals surface area contributed by atoms with E-state index in [1.165, 1.54) is 0 Å². The van der Waals surface area contributed by atoms with Crippen molar-refractivity contribution in [2.24, 2.45) is 0 Å². The second-order valence-electron chi connectivity index (χ2n) is 5.30. The zero-order chi connectivity index (χ0) is 14.4. The summed E-state index contributed by atoms with van der Waals surface area (Å²) in [5.74, 6) is 0. The summed E-state index contributed by atoms with van der Waals surface area (Å²) in [6.45, 7) is 1.29. The molecule has 1 aromatic rings. The maximum absolute atomic E-state index is 12.7. The van der Waals surface area contributed by atoms with E-state index in [-0.39, 0.29) is 6.04 Å². The number of hydrogen-bond acceptors (Lipinski definition) is 2. The number of piperidine rings is 1. The Morgan fingerprint density at radius 3 is 2.35 bits per heavy atom. The quantitative estimate of drug-likeness (QED) is 0.895. The van der Waals surface area contributed by atoms with Crippen molar-refractivity contribution < 1.29 is 13.2 Å². The highest BCUT2D eigenvalue weighted by Gasteiger charge is 2.34. The smallest absolute Gasteiger partial charge is 0.317 e. The molecule has 1 aromatic carbocycles. The van der Waals surface area contributed by atoms with Gasteiger partial charge in [-0.15, -0.1) is 0 Å². The van der Waals surface area contributed by atoms with E-state index in [0.717, 1.165) is 31.5 Å². The van der Waals surface area contributed by atoms with Crippen LogP contribution in [0.15, 0.2) is 30.3 Å². The van der Waals surface area contributed by atoms with Crippen LogP contribution in [-0.2, 0) is 6.42 Å². The number of halogens is 3. The number of nitrogens with zero attached hydrogens (tertiary/aromatic N) is 1. The Morgan fingerprint density at radius 2 is 1.75 bits per heavy atom. The minimum atomic E-state index is -4.12. The SMILES string of the molecule is FC(F)(F)CN(CCc1ccccc1)C1CCNCC1. The van der Waals surface area contributed by atoms with Crippen LogP contribution in [0.4, 0.5) is 13.2 Å². The molecule has 112 valence electrons. The fourth-order valence-corrected chi connectivity index (χ4v) is 2.71. The Morgan fingerprint density at radius 1 is 1.10 bits per heavy atom. The van der Waals surface area contributed by atoms with Crippen LogP contribution < -0.4 is 5.32 Å². The Hall–Kier alpha value is -1.07. The van der Waals surface area contributed by atoms with Gasteiger partial charge >= 0.3 is 6.18 Å². The summed E-state index contributed by atoms with van der Waals surface area (Å²) in [4.78, 5) is 1.60. The van der Waals surface area contributed by atoms with Gasteiger partial charge in [-0.1, -0.05) is 30.3 Å². The molecule has 1 N–H and O–H groups in total. The third-order valence-corrected chi connectivity index (χ3v) is 3.74. The maximum Gasteiger partial charge on any atom is 0.401 e. The highest BCUT2D eigenvalue weighted by atomic mass is 19.4. The van der Waals surface area contributed by atoms with Crippen LogP contribution in [0.3, 0.4) is 0 Å². The van der Waals surface area contributed by atoms with Gasteiger partial charge in [-0.25, -0.2) is 0 Å². The summed E-state index contributed by atoms with van der Waals surface area (Å²) in [7, 11) is 0. The molecule has 2 rings (SSSR count). The molecule has 0 radical (unpaired) electrons. The molecule has 0 aromatic heterocycles. The third kappa shape index (κ3) is 5.13. The molecule has 1 fully saturated rings. The molecule has 2 nitrogen and oxygen atoms in total. The van der Waals surface area contributed by atoms with E-state index in [1.807, 2.05) is 30.3 Å². The zero-order valence-electron chi connectivity index (χ0n) is 11.5. The summed E-state index contributed by atoms with van der Waals surface area (Å²) in [5.41, 5.74) is 1.09. The van der Waals surface area contributed by atoms with Crippen molar-refractivity contribution in [2.45, 2.75) is 31.5 Å². The van der Waals surface area contributed by atoms with Gasteiger partial charge in [-0.2, -0.15) is 13.2 Å². The molecular weight excluding hydrogens is 265 g/mol. The topological polar surface area (TPSA) is 15.3 Å². The Bertz CT molecular complexity index is 386. The minimum Gasteiger partial charge on any atom is -0.317 e. The highest BCUT2D eigenvalue weighted by Crippen LogP contribution is 2.21. The van der Waals surface area contributed by atoms with Crippen molar-refractivity contribution in [1.82, 2.24) is 10.2 Å². The Kier molecular flexibility index (Phi) is 5.43. The van der Waals surface area contributed by atoms with Crippen LogP contribution in [0.2, 0.25) is 0 Å². The second kappa shape index (κ2) is 7.09. The molecule has 0 atom stereocenters. The van der Waals surface area contributed by atoms with Gasteiger partial charge in [0, 0.05) is 12.6 Å². The molecule has 20 heavy (non-hydrogen) atoms. The number of alkyl halides is 3. The van der Waals surface area contributed by atoms with Gasteiger partial charge in [-0.3, -0.25) is 4.90 Å². The van der Waals surface area contributed by atoms with Crippen molar-refractivity contribution in [3.8, 4) is 0 Å². The van der Waals surface area contributed by atoms with E-state index in [9.17, 15) is 13.2 Å². The number of rotatable bonds is 5.